The van der Waals surface area contributed by atoms with Crippen LogP contribution in [-0.2, 0) is 6.54 Å². The van der Waals surface area contributed by atoms with Crippen LogP contribution < -0.4 is 5.56 Å². The van der Waals surface area contributed by atoms with E-state index in [2.05, 4.69) is 0 Å². The third kappa shape index (κ3) is 1.75. The van der Waals surface area contributed by atoms with Crippen molar-refractivity contribution >= 4 is 34.1 Å². The number of aryl methyl sites for hydroxylation is 1. The number of fused-ring (bicyclic) bond motifs is 1. The summed E-state index contributed by atoms with van der Waals surface area (Å²) in [5.41, 5.74) is 0.699. The monoisotopic (exact) mass is 241 g/mol. The van der Waals surface area contributed by atoms with Crippen LogP contribution >= 0.6 is 23.2 Å². The zero-order valence-corrected chi connectivity index (χ0v) is 9.64. The molecular weight excluding hydrogens is 233 g/mol. The summed E-state index contributed by atoms with van der Waals surface area (Å²) < 4.78 is 1.63. The summed E-state index contributed by atoms with van der Waals surface area (Å²) in [5, 5.41) is 1.75. The van der Waals surface area contributed by atoms with E-state index in [4.69, 9.17) is 23.2 Å². The quantitative estimate of drug-likeness (QED) is 0.751. The van der Waals surface area contributed by atoms with Crippen molar-refractivity contribution in [3.8, 4) is 0 Å². The van der Waals surface area contributed by atoms with Crippen molar-refractivity contribution in [3.05, 3.63) is 44.7 Å². The van der Waals surface area contributed by atoms with Crippen molar-refractivity contribution in [1.82, 2.24) is 4.57 Å². The summed E-state index contributed by atoms with van der Waals surface area (Å²) in [6.07, 6.45) is 0. The summed E-state index contributed by atoms with van der Waals surface area (Å²) >= 11 is 11.7. The zero-order chi connectivity index (χ0) is 11.0. The molecule has 15 heavy (non-hydrogen) atoms. The minimum atomic E-state index is -0.158. The number of hydrogen-bond donors (Lipinski definition) is 0. The van der Waals surface area contributed by atoms with Gasteiger partial charge in [0.2, 0.25) is 0 Å². The molecule has 0 aliphatic carbocycles. The summed E-state index contributed by atoms with van der Waals surface area (Å²) in [6.45, 7) is 2.50. The second kappa shape index (κ2) is 3.87. The first kappa shape index (κ1) is 10.5. The number of aromatic nitrogens is 1. The molecule has 0 radical (unpaired) electrons. The average molecular weight is 242 g/mol. The molecule has 0 saturated heterocycles. The number of hydrogen-bond acceptors (Lipinski definition) is 1. The highest BCUT2D eigenvalue weighted by atomic mass is 35.5. The second-order valence-electron chi connectivity index (χ2n) is 3.24. The van der Waals surface area contributed by atoms with E-state index in [-0.39, 0.29) is 10.6 Å². The molecule has 1 aromatic carbocycles. The highest BCUT2D eigenvalue weighted by Gasteiger charge is 2.06. The third-order valence-electron chi connectivity index (χ3n) is 2.33. The fraction of sp³-hybridized carbons (Fsp3) is 0.182. The van der Waals surface area contributed by atoms with E-state index >= 15 is 0 Å². The number of pyridine rings is 1. The number of nitrogens with zero attached hydrogens (tertiary/aromatic N) is 1. The summed E-state index contributed by atoms with van der Waals surface area (Å²) in [5.74, 6) is 0. The highest BCUT2D eigenvalue weighted by molar-refractivity contribution is 6.32. The minimum absolute atomic E-state index is 0.158. The molecule has 0 aliphatic rings. The first-order valence-corrected chi connectivity index (χ1v) is 5.37. The molecule has 0 unspecified atom stereocenters. The van der Waals surface area contributed by atoms with Gasteiger partial charge in [0.1, 0.15) is 5.02 Å². The maximum atomic E-state index is 11.7. The molecule has 78 valence electrons. The van der Waals surface area contributed by atoms with E-state index in [1.807, 2.05) is 13.0 Å². The lowest BCUT2D eigenvalue weighted by Gasteiger charge is -2.08. The Balaban J connectivity index is 2.94. The van der Waals surface area contributed by atoms with E-state index in [1.54, 1.807) is 22.8 Å². The topological polar surface area (TPSA) is 22.0 Å². The van der Waals surface area contributed by atoms with Gasteiger partial charge in [0.05, 0.1) is 5.52 Å². The third-order valence-corrected chi connectivity index (χ3v) is 2.83. The van der Waals surface area contributed by atoms with Crippen LogP contribution in [0.3, 0.4) is 0 Å². The molecule has 0 bridgehead atoms. The molecule has 0 saturated carbocycles. The van der Waals surface area contributed by atoms with Gasteiger partial charge >= 0.3 is 0 Å². The lowest BCUT2D eigenvalue weighted by Crippen LogP contribution is -2.19. The van der Waals surface area contributed by atoms with Gasteiger partial charge in [-0.05, 0) is 31.2 Å². The molecule has 0 amide bonds. The second-order valence-corrected chi connectivity index (χ2v) is 4.09. The molecule has 0 N–H and O–H groups in total. The van der Waals surface area contributed by atoms with Gasteiger partial charge in [0.25, 0.3) is 5.56 Å². The normalized spacial score (nSPS) is 10.9. The lowest BCUT2D eigenvalue weighted by molar-refractivity contribution is 0.760. The van der Waals surface area contributed by atoms with E-state index < -0.39 is 0 Å². The Kier molecular flexibility index (Phi) is 2.72. The Hall–Kier alpha value is -0.990. The van der Waals surface area contributed by atoms with Gasteiger partial charge in [-0.15, -0.1) is 0 Å². The molecule has 2 rings (SSSR count). The number of halogens is 2. The Morgan fingerprint density at radius 2 is 2.00 bits per heavy atom. The van der Waals surface area contributed by atoms with Crippen LogP contribution in [0.5, 0.6) is 0 Å². The lowest BCUT2D eigenvalue weighted by atomic mass is 10.2. The molecule has 1 aromatic heterocycles. The van der Waals surface area contributed by atoms with Gasteiger partial charge in [0, 0.05) is 17.0 Å². The maximum absolute atomic E-state index is 11.7. The highest BCUT2D eigenvalue weighted by Crippen LogP contribution is 2.20. The van der Waals surface area contributed by atoms with Gasteiger partial charge in [-0.2, -0.15) is 0 Å². The SMILES string of the molecule is CCn1c(=O)c(Cl)cc2cc(Cl)ccc21. The van der Waals surface area contributed by atoms with Crippen LogP contribution in [-0.4, -0.2) is 4.57 Å². The Bertz CT molecular complexity index is 575. The molecule has 2 aromatic rings. The van der Waals surface area contributed by atoms with E-state index in [9.17, 15) is 4.79 Å². The minimum Gasteiger partial charge on any atom is -0.307 e. The van der Waals surface area contributed by atoms with E-state index in [1.165, 1.54) is 0 Å². The molecular formula is C11H9Cl2NO. The van der Waals surface area contributed by atoms with Crippen molar-refractivity contribution in [3.63, 3.8) is 0 Å². The molecule has 0 fully saturated rings. The van der Waals surface area contributed by atoms with Gasteiger partial charge in [-0.1, -0.05) is 23.2 Å². The number of rotatable bonds is 1. The summed E-state index contributed by atoms with van der Waals surface area (Å²) in [6, 6.07) is 7.05. The van der Waals surface area contributed by atoms with Crippen molar-refractivity contribution in [2.24, 2.45) is 0 Å². The van der Waals surface area contributed by atoms with E-state index in [0.717, 1.165) is 10.9 Å². The first-order valence-electron chi connectivity index (χ1n) is 4.62. The maximum Gasteiger partial charge on any atom is 0.269 e. The number of benzene rings is 1. The predicted molar refractivity (Wildman–Crippen MR) is 63.9 cm³/mol. The molecule has 1 heterocycles. The zero-order valence-electron chi connectivity index (χ0n) is 8.13. The predicted octanol–water partition coefficient (Wildman–Crippen LogP) is 3.33. The van der Waals surface area contributed by atoms with Gasteiger partial charge < -0.3 is 4.57 Å². The van der Waals surface area contributed by atoms with Crippen LogP contribution in [0.1, 0.15) is 6.92 Å². The van der Waals surface area contributed by atoms with Crippen molar-refractivity contribution < 1.29 is 0 Å². The molecule has 4 heteroatoms. The van der Waals surface area contributed by atoms with Gasteiger partial charge in [-0.25, -0.2) is 0 Å². The van der Waals surface area contributed by atoms with Gasteiger partial charge in [-0.3, -0.25) is 4.79 Å². The van der Waals surface area contributed by atoms with Crippen LogP contribution in [0.2, 0.25) is 10.0 Å². The van der Waals surface area contributed by atoms with Crippen LogP contribution in [0.25, 0.3) is 10.9 Å². The molecule has 0 aliphatic heterocycles. The average Bonchev–Trinajstić information content (AvgIpc) is 2.20. The largest absolute Gasteiger partial charge is 0.307 e. The summed E-state index contributed by atoms with van der Waals surface area (Å²) in [7, 11) is 0. The fourth-order valence-electron chi connectivity index (χ4n) is 1.64. The van der Waals surface area contributed by atoms with Crippen LogP contribution in [0.4, 0.5) is 0 Å². The van der Waals surface area contributed by atoms with Gasteiger partial charge in [0.15, 0.2) is 0 Å². The summed E-state index contributed by atoms with van der Waals surface area (Å²) in [4.78, 5) is 11.7. The van der Waals surface area contributed by atoms with E-state index in [0.29, 0.717) is 11.6 Å². The van der Waals surface area contributed by atoms with Crippen molar-refractivity contribution in [2.45, 2.75) is 13.5 Å². The van der Waals surface area contributed by atoms with Crippen LogP contribution in [0, 0.1) is 0 Å². The molecule has 0 spiro atoms. The Morgan fingerprint density at radius 3 is 2.67 bits per heavy atom. The first-order chi connectivity index (χ1) is 7.13. The smallest absolute Gasteiger partial charge is 0.269 e. The standard InChI is InChI=1S/C11H9Cl2NO/c1-2-14-10-4-3-8(12)5-7(10)6-9(13)11(14)15/h3-6H,2H2,1H3. The Morgan fingerprint density at radius 1 is 1.27 bits per heavy atom. The van der Waals surface area contributed by atoms with Crippen molar-refractivity contribution in [2.75, 3.05) is 0 Å². The molecule has 2 nitrogen and oxygen atoms in total. The van der Waals surface area contributed by atoms with Crippen LogP contribution in [0.15, 0.2) is 29.1 Å². The van der Waals surface area contributed by atoms with Crippen molar-refractivity contribution in [1.29, 1.82) is 0 Å². The molecule has 0 atom stereocenters. The Labute approximate surface area is 97.0 Å². The fourth-order valence-corrected chi connectivity index (χ4v) is 2.04.